The molecule has 1 heterocycles. The Morgan fingerprint density at radius 1 is 1.42 bits per heavy atom. The van der Waals surface area contributed by atoms with E-state index in [4.69, 9.17) is 9.84 Å². The molecule has 5 nitrogen and oxygen atoms in total. The van der Waals surface area contributed by atoms with Gasteiger partial charge in [-0.25, -0.2) is 0 Å². The van der Waals surface area contributed by atoms with E-state index < -0.39 is 25.4 Å². The van der Waals surface area contributed by atoms with Crippen LogP contribution in [0.2, 0.25) is 0 Å². The van der Waals surface area contributed by atoms with Crippen molar-refractivity contribution in [1.82, 2.24) is 9.80 Å². The molecular formula is C11H19F3N2O3. The van der Waals surface area contributed by atoms with Crippen LogP contribution in [-0.2, 0) is 9.53 Å². The third-order valence-corrected chi connectivity index (χ3v) is 3.00. The lowest BCUT2D eigenvalue weighted by atomic mass is 10.2. The smallest absolute Gasteiger partial charge is 0.395 e. The lowest BCUT2D eigenvalue weighted by Gasteiger charge is -2.34. The maximum absolute atomic E-state index is 12.4. The van der Waals surface area contributed by atoms with Crippen molar-refractivity contribution in [2.75, 3.05) is 46.0 Å². The van der Waals surface area contributed by atoms with Crippen molar-refractivity contribution in [1.29, 1.82) is 0 Å². The molecule has 1 saturated heterocycles. The number of hydrogen-bond donors (Lipinski definition) is 1. The van der Waals surface area contributed by atoms with Gasteiger partial charge in [-0.3, -0.25) is 9.69 Å². The first-order valence-electron chi connectivity index (χ1n) is 6.13. The summed E-state index contributed by atoms with van der Waals surface area (Å²) in [4.78, 5) is 14.5. The molecule has 1 fully saturated rings. The SMILES string of the molecule is CC(C(=O)N1CCOCC1)N(CCO)CC(F)(F)F. The molecule has 0 spiro atoms. The Bertz CT molecular complexity index is 293. The molecule has 1 rings (SSSR count). The summed E-state index contributed by atoms with van der Waals surface area (Å²) in [6, 6.07) is -0.910. The van der Waals surface area contributed by atoms with E-state index in [-0.39, 0.29) is 12.5 Å². The number of aliphatic hydroxyl groups is 1. The van der Waals surface area contributed by atoms with Crippen LogP contribution in [0.5, 0.6) is 0 Å². The number of alkyl halides is 3. The number of carbonyl (C=O) groups excluding carboxylic acids is 1. The normalized spacial score (nSPS) is 18.7. The minimum absolute atomic E-state index is 0.184. The molecule has 0 radical (unpaired) electrons. The molecule has 0 aliphatic carbocycles. The van der Waals surface area contributed by atoms with Gasteiger partial charge >= 0.3 is 6.18 Å². The average molecular weight is 284 g/mol. The topological polar surface area (TPSA) is 53.0 Å². The van der Waals surface area contributed by atoms with Gasteiger partial charge in [-0.1, -0.05) is 0 Å². The van der Waals surface area contributed by atoms with Gasteiger partial charge in [-0.15, -0.1) is 0 Å². The maximum Gasteiger partial charge on any atom is 0.401 e. The lowest BCUT2D eigenvalue weighted by Crippen LogP contribution is -2.53. The summed E-state index contributed by atoms with van der Waals surface area (Å²) in [7, 11) is 0. The predicted octanol–water partition coefficient (Wildman–Crippen LogP) is 0.0903. The predicted molar refractivity (Wildman–Crippen MR) is 61.6 cm³/mol. The molecule has 1 N–H and O–H groups in total. The van der Waals surface area contributed by atoms with Crippen molar-refractivity contribution in [2.24, 2.45) is 0 Å². The van der Waals surface area contributed by atoms with Gasteiger partial charge in [0.25, 0.3) is 0 Å². The molecule has 0 aromatic rings. The monoisotopic (exact) mass is 284 g/mol. The van der Waals surface area contributed by atoms with Gasteiger partial charge in [-0.2, -0.15) is 13.2 Å². The highest BCUT2D eigenvalue weighted by Gasteiger charge is 2.35. The number of ether oxygens (including phenoxy) is 1. The molecular weight excluding hydrogens is 265 g/mol. The summed E-state index contributed by atoms with van der Waals surface area (Å²) in [6.45, 7) is 1.21. The van der Waals surface area contributed by atoms with Crippen LogP contribution in [0.25, 0.3) is 0 Å². The molecule has 0 saturated carbocycles. The third-order valence-electron chi connectivity index (χ3n) is 3.00. The summed E-state index contributed by atoms with van der Waals surface area (Å²) in [5.41, 5.74) is 0. The second kappa shape index (κ2) is 7.06. The molecule has 0 aromatic carbocycles. The molecule has 0 aromatic heterocycles. The van der Waals surface area contributed by atoms with Crippen LogP contribution in [0.1, 0.15) is 6.92 Å². The van der Waals surface area contributed by atoms with Crippen molar-refractivity contribution in [3.63, 3.8) is 0 Å². The highest BCUT2D eigenvalue weighted by Crippen LogP contribution is 2.18. The van der Waals surface area contributed by atoms with Gasteiger partial charge < -0.3 is 14.7 Å². The molecule has 0 bridgehead atoms. The molecule has 1 aliphatic rings. The number of nitrogens with zero attached hydrogens (tertiary/aromatic N) is 2. The Kier molecular flexibility index (Phi) is 6.02. The van der Waals surface area contributed by atoms with E-state index in [1.54, 1.807) is 0 Å². The van der Waals surface area contributed by atoms with Gasteiger partial charge in [0.2, 0.25) is 5.91 Å². The van der Waals surface area contributed by atoms with Crippen LogP contribution in [0.3, 0.4) is 0 Å². The van der Waals surface area contributed by atoms with Crippen LogP contribution in [0.4, 0.5) is 13.2 Å². The van der Waals surface area contributed by atoms with Crippen LogP contribution in [0.15, 0.2) is 0 Å². The quantitative estimate of drug-likeness (QED) is 0.777. The van der Waals surface area contributed by atoms with E-state index in [1.165, 1.54) is 11.8 Å². The standard InChI is InChI=1S/C11H19F3N2O3/c1-9(10(18)15-3-6-19-7-4-15)16(2-5-17)8-11(12,13)14/h9,17H,2-8H2,1H3. The Hall–Kier alpha value is -0.860. The van der Waals surface area contributed by atoms with E-state index in [0.29, 0.717) is 26.3 Å². The zero-order valence-corrected chi connectivity index (χ0v) is 10.8. The van der Waals surface area contributed by atoms with Gasteiger partial charge in [0.05, 0.1) is 32.4 Å². The Morgan fingerprint density at radius 3 is 2.47 bits per heavy atom. The van der Waals surface area contributed by atoms with Crippen LogP contribution in [-0.4, -0.2) is 79.0 Å². The van der Waals surface area contributed by atoms with Gasteiger partial charge in [0, 0.05) is 19.6 Å². The number of halogens is 3. The first-order chi connectivity index (χ1) is 8.85. The van der Waals surface area contributed by atoms with Gasteiger partial charge in [-0.05, 0) is 6.92 Å². The Balaban J connectivity index is 2.63. The van der Waals surface area contributed by atoms with E-state index in [2.05, 4.69) is 0 Å². The average Bonchev–Trinajstić information content (AvgIpc) is 2.36. The molecule has 1 aliphatic heterocycles. The van der Waals surface area contributed by atoms with Crippen LogP contribution >= 0.6 is 0 Å². The fourth-order valence-electron chi connectivity index (χ4n) is 1.97. The lowest BCUT2D eigenvalue weighted by molar-refractivity contribution is -0.160. The summed E-state index contributed by atoms with van der Waals surface area (Å²) in [5, 5.41) is 8.82. The molecule has 1 atom stereocenters. The third kappa shape index (κ3) is 5.33. The van der Waals surface area contributed by atoms with Crippen molar-refractivity contribution >= 4 is 5.91 Å². The zero-order valence-electron chi connectivity index (χ0n) is 10.8. The van der Waals surface area contributed by atoms with E-state index in [0.717, 1.165) is 4.90 Å². The largest absolute Gasteiger partial charge is 0.401 e. The highest BCUT2D eigenvalue weighted by atomic mass is 19.4. The second-order valence-electron chi connectivity index (χ2n) is 4.42. The molecule has 19 heavy (non-hydrogen) atoms. The number of hydrogen-bond acceptors (Lipinski definition) is 4. The maximum atomic E-state index is 12.4. The van der Waals surface area contributed by atoms with E-state index in [1.807, 2.05) is 0 Å². The highest BCUT2D eigenvalue weighted by molar-refractivity contribution is 5.81. The van der Waals surface area contributed by atoms with E-state index >= 15 is 0 Å². The summed E-state index contributed by atoms with van der Waals surface area (Å²) >= 11 is 0. The molecule has 1 amide bonds. The fourth-order valence-corrected chi connectivity index (χ4v) is 1.97. The first kappa shape index (κ1) is 16.2. The summed E-state index contributed by atoms with van der Waals surface area (Å²) < 4.78 is 42.4. The van der Waals surface area contributed by atoms with Gasteiger partial charge in [0.15, 0.2) is 0 Å². The number of morpholine rings is 1. The minimum atomic E-state index is -4.39. The summed E-state index contributed by atoms with van der Waals surface area (Å²) in [5.74, 6) is -0.360. The number of rotatable bonds is 5. The molecule has 8 heteroatoms. The number of aliphatic hydroxyl groups excluding tert-OH is 1. The molecule has 1 unspecified atom stereocenters. The Labute approximate surface area is 109 Å². The first-order valence-corrected chi connectivity index (χ1v) is 6.13. The van der Waals surface area contributed by atoms with Crippen molar-refractivity contribution in [3.05, 3.63) is 0 Å². The van der Waals surface area contributed by atoms with Crippen LogP contribution < -0.4 is 0 Å². The minimum Gasteiger partial charge on any atom is -0.395 e. The number of amides is 1. The van der Waals surface area contributed by atoms with Crippen molar-refractivity contribution in [3.8, 4) is 0 Å². The Morgan fingerprint density at radius 2 is 2.00 bits per heavy atom. The summed E-state index contributed by atoms with van der Waals surface area (Å²) in [6.07, 6.45) is -4.39. The molecule has 112 valence electrons. The number of carbonyl (C=O) groups is 1. The van der Waals surface area contributed by atoms with E-state index in [9.17, 15) is 18.0 Å². The fraction of sp³-hybridized carbons (Fsp3) is 0.909. The second-order valence-corrected chi connectivity index (χ2v) is 4.42. The van der Waals surface area contributed by atoms with Crippen molar-refractivity contribution < 1.29 is 27.8 Å². The zero-order chi connectivity index (χ0) is 14.5. The van der Waals surface area contributed by atoms with Crippen LogP contribution in [0, 0.1) is 0 Å². The van der Waals surface area contributed by atoms with Gasteiger partial charge in [0.1, 0.15) is 0 Å². The van der Waals surface area contributed by atoms with Crippen molar-refractivity contribution in [2.45, 2.75) is 19.1 Å².